The third-order valence-corrected chi connectivity index (χ3v) is 2.62. The maximum absolute atomic E-state index is 5.96. The van der Waals surface area contributed by atoms with Crippen LogP contribution < -0.4 is 15.8 Å². The largest absolute Gasteiger partial charge is 0.495 e. The van der Waals surface area contributed by atoms with Gasteiger partial charge in [-0.15, -0.1) is 0 Å². The van der Waals surface area contributed by atoms with Gasteiger partial charge in [-0.3, -0.25) is 0 Å². The van der Waals surface area contributed by atoms with Crippen molar-refractivity contribution in [3.8, 4) is 5.75 Å². The van der Waals surface area contributed by atoms with E-state index in [1.54, 1.807) is 7.11 Å². The van der Waals surface area contributed by atoms with E-state index in [1.165, 1.54) is 0 Å². The second-order valence-corrected chi connectivity index (χ2v) is 3.99. The number of anilines is 3. The van der Waals surface area contributed by atoms with E-state index in [0.29, 0.717) is 16.5 Å². The van der Waals surface area contributed by atoms with Crippen molar-refractivity contribution >= 4 is 28.7 Å². The average molecular weight is 249 g/mol. The highest BCUT2D eigenvalue weighted by Crippen LogP contribution is 2.31. The molecule has 0 saturated heterocycles. The van der Waals surface area contributed by atoms with Crippen LogP contribution >= 0.6 is 11.6 Å². The summed E-state index contributed by atoms with van der Waals surface area (Å²) in [5.41, 5.74) is 8.22. The van der Waals surface area contributed by atoms with Crippen molar-refractivity contribution in [3.63, 3.8) is 0 Å². The van der Waals surface area contributed by atoms with Crippen molar-refractivity contribution in [2.24, 2.45) is 0 Å². The van der Waals surface area contributed by atoms with Crippen LogP contribution in [0.2, 0.25) is 5.02 Å². The first-order valence-corrected chi connectivity index (χ1v) is 5.53. The number of hydrogen-bond donors (Lipinski definition) is 2. The second kappa shape index (κ2) is 4.97. The summed E-state index contributed by atoms with van der Waals surface area (Å²) in [7, 11) is 1.59. The molecule has 2 aromatic rings. The summed E-state index contributed by atoms with van der Waals surface area (Å²) in [6, 6.07) is 13.0. The highest BCUT2D eigenvalue weighted by molar-refractivity contribution is 6.30. The Bertz CT molecular complexity index is 529. The van der Waals surface area contributed by atoms with Crippen molar-refractivity contribution in [2.75, 3.05) is 18.2 Å². The zero-order valence-corrected chi connectivity index (χ0v) is 10.2. The summed E-state index contributed by atoms with van der Waals surface area (Å²) in [4.78, 5) is 0. The summed E-state index contributed by atoms with van der Waals surface area (Å²) < 4.78 is 5.16. The summed E-state index contributed by atoms with van der Waals surface area (Å²) in [5, 5.41) is 3.88. The smallest absolute Gasteiger partial charge is 0.143 e. The topological polar surface area (TPSA) is 47.3 Å². The first-order valence-electron chi connectivity index (χ1n) is 5.16. The van der Waals surface area contributed by atoms with Gasteiger partial charge in [0, 0.05) is 10.7 Å². The number of hydrogen-bond acceptors (Lipinski definition) is 3. The van der Waals surface area contributed by atoms with Gasteiger partial charge in [0.25, 0.3) is 0 Å². The molecule has 88 valence electrons. The van der Waals surface area contributed by atoms with Gasteiger partial charge in [0.2, 0.25) is 0 Å². The van der Waals surface area contributed by atoms with Crippen LogP contribution in [0.4, 0.5) is 17.1 Å². The molecule has 0 aliphatic heterocycles. The molecule has 0 unspecified atom stereocenters. The number of methoxy groups -OCH3 is 1. The first-order chi connectivity index (χ1) is 8.20. The Hall–Kier alpha value is -1.87. The Kier molecular flexibility index (Phi) is 3.40. The molecular weight excluding hydrogens is 236 g/mol. The van der Waals surface area contributed by atoms with Gasteiger partial charge in [-0.05, 0) is 30.3 Å². The predicted molar refractivity (Wildman–Crippen MR) is 72.1 cm³/mol. The van der Waals surface area contributed by atoms with Crippen LogP contribution in [0.5, 0.6) is 5.75 Å². The fraction of sp³-hybridized carbons (Fsp3) is 0.0769. The van der Waals surface area contributed by atoms with Gasteiger partial charge in [-0.2, -0.15) is 0 Å². The van der Waals surface area contributed by atoms with E-state index >= 15 is 0 Å². The van der Waals surface area contributed by atoms with Crippen LogP contribution in [0.15, 0.2) is 42.5 Å². The van der Waals surface area contributed by atoms with Crippen LogP contribution in [0, 0.1) is 0 Å². The van der Waals surface area contributed by atoms with Crippen LogP contribution in [0.1, 0.15) is 0 Å². The zero-order chi connectivity index (χ0) is 12.3. The molecule has 0 spiro atoms. The molecule has 4 heteroatoms. The lowest BCUT2D eigenvalue weighted by atomic mass is 10.2. The molecule has 3 nitrogen and oxygen atoms in total. The van der Waals surface area contributed by atoms with Crippen LogP contribution in [0.25, 0.3) is 0 Å². The minimum atomic E-state index is 0.579. The summed E-state index contributed by atoms with van der Waals surface area (Å²) in [5.74, 6) is 0.650. The molecule has 0 heterocycles. The molecule has 0 saturated carbocycles. The van der Waals surface area contributed by atoms with E-state index in [0.717, 1.165) is 11.4 Å². The third kappa shape index (κ3) is 2.63. The number of para-hydroxylation sites is 1. The lowest BCUT2D eigenvalue weighted by Gasteiger charge is -2.12. The van der Waals surface area contributed by atoms with E-state index in [2.05, 4.69) is 5.32 Å². The monoisotopic (exact) mass is 248 g/mol. The molecule has 0 fully saturated rings. The number of ether oxygens (including phenoxy) is 1. The van der Waals surface area contributed by atoms with Crippen LogP contribution in [0.3, 0.4) is 0 Å². The molecule has 17 heavy (non-hydrogen) atoms. The number of benzene rings is 2. The van der Waals surface area contributed by atoms with Gasteiger partial charge >= 0.3 is 0 Å². The third-order valence-electron chi connectivity index (χ3n) is 2.39. The number of halogens is 1. The van der Waals surface area contributed by atoms with E-state index in [-0.39, 0.29) is 0 Å². The minimum Gasteiger partial charge on any atom is -0.495 e. The second-order valence-electron chi connectivity index (χ2n) is 3.56. The molecule has 2 rings (SSSR count). The van der Waals surface area contributed by atoms with Crippen molar-refractivity contribution < 1.29 is 4.74 Å². The fourth-order valence-electron chi connectivity index (χ4n) is 1.55. The van der Waals surface area contributed by atoms with Crippen LogP contribution in [-0.4, -0.2) is 7.11 Å². The van der Waals surface area contributed by atoms with E-state index in [4.69, 9.17) is 22.1 Å². The highest BCUT2D eigenvalue weighted by Gasteiger charge is 2.05. The molecular formula is C13H13ClN2O. The molecule has 0 bridgehead atoms. The summed E-state index contributed by atoms with van der Waals surface area (Å²) in [6.45, 7) is 0. The van der Waals surface area contributed by atoms with Gasteiger partial charge in [-0.1, -0.05) is 23.7 Å². The molecule has 0 radical (unpaired) electrons. The van der Waals surface area contributed by atoms with Gasteiger partial charge in [-0.25, -0.2) is 0 Å². The molecule has 2 aromatic carbocycles. The van der Waals surface area contributed by atoms with Crippen LogP contribution in [-0.2, 0) is 0 Å². The summed E-state index contributed by atoms with van der Waals surface area (Å²) >= 11 is 5.91. The van der Waals surface area contributed by atoms with Gasteiger partial charge < -0.3 is 15.8 Å². The lowest BCUT2D eigenvalue weighted by molar-refractivity contribution is 0.417. The minimum absolute atomic E-state index is 0.579. The maximum Gasteiger partial charge on any atom is 0.143 e. The number of nitrogens with one attached hydrogen (secondary N) is 1. The number of nitrogen functional groups attached to an aromatic ring is 1. The normalized spacial score (nSPS) is 10.0. The Morgan fingerprint density at radius 3 is 2.65 bits per heavy atom. The maximum atomic E-state index is 5.96. The molecule has 0 amide bonds. The molecule has 0 atom stereocenters. The predicted octanol–water partition coefficient (Wildman–Crippen LogP) is 3.67. The molecule has 0 aromatic heterocycles. The van der Waals surface area contributed by atoms with Gasteiger partial charge in [0.05, 0.1) is 18.5 Å². The Morgan fingerprint density at radius 2 is 1.94 bits per heavy atom. The van der Waals surface area contributed by atoms with Gasteiger partial charge in [0.1, 0.15) is 5.75 Å². The van der Waals surface area contributed by atoms with Crippen molar-refractivity contribution in [3.05, 3.63) is 47.5 Å². The lowest BCUT2D eigenvalue weighted by Crippen LogP contribution is -1.98. The molecule has 0 aliphatic carbocycles. The Morgan fingerprint density at radius 1 is 1.18 bits per heavy atom. The summed E-state index contributed by atoms with van der Waals surface area (Å²) in [6.07, 6.45) is 0. The quantitative estimate of drug-likeness (QED) is 0.815. The SMILES string of the molecule is COc1cccc(Nc2cccc(Cl)c2)c1N. The first kappa shape index (κ1) is 11.6. The van der Waals surface area contributed by atoms with Crippen molar-refractivity contribution in [1.82, 2.24) is 0 Å². The van der Waals surface area contributed by atoms with E-state index in [1.807, 2.05) is 42.5 Å². The van der Waals surface area contributed by atoms with E-state index < -0.39 is 0 Å². The Balaban J connectivity index is 2.30. The fourth-order valence-corrected chi connectivity index (χ4v) is 1.74. The Labute approximate surface area is 105 Å². The standard InChI is InChI=1S/C13H13ClN2O/c1-17-12-7-3-6-11(13(12)15)16-10-5-2-4-9(14)8-10/h2-8,16H,15H2,1H3. The number of nitrogens with two attached hydrogens (primary N) is 1. The molecule has 3 N–H and O–H groups in total. The van der Waals surface area contributed by atoms with Gasteiger partial charge in [0.15, 0.2) is 0 Å². The highest BCUT2D eigenvalue weighted by atomic mass is 35.5. The van der Waals surface area contributed by atoms with Crippen molar-refractivity contribution in [1.29, 1.82) is 0 Å². The zero-order valence-electron chi connectivity index (χ0n) is 9.41. The number of rotatable bonds is 3. The van der Waals surface area contributed by atoms with Crippen molar-refractivity contribution in [2.45, 2.75) is 0 Å². The molecule has 0 aliphatic rings. The average Bonchev–Trinajstić information content (AvgIpc) is 2.32. The van der Waals surface area contributed by atoms with E-state index in [9.17, 15) is 0 Å².